The first-order chi connectivity index (χ1) is 11.6. The number of carbonyl (C=O) groups excluding carboxylic acids is 1. The maximum Gasteiger partial charge on any atom is 0.266 e. The van der Waals surface area contributed by atoms with Crippen molar-refractivity contribution in [2.75, 3.05) is 5.32 Å². The number of H-pyrrole nitrogens is 1. The lowest BCUT2D eigenvalue weighted by atomic mass is 10.1. The van der Waals surface area contributed by atoms with E-state index in [0.717, 1.165) is 12.0 Å². The minimum absolute atomic E-state index is 0.311. The maximum atomic E-state index is 12.1. The van der Waals surface area contributed by atoms with Gasteiger partial charge in [0.2, 0.25) is 0 Å². The van der Waals surface area contributed by atoms with Crippen molar-refractivity contribution in [3.63, 3.8) is 0 Å². The van der Waals surface area contributed by atoms with Gasteiger partial charge in [-0.2, -0.15) is 0 Å². The molecule has 0 unspecified atom stereocenters. The van der Waals surface area contributed by atoms with Crippen molar-refractivity contribution in [1.82, 2.24) is 9.97 Å². The highest BCUT2D eigenvalue weighted by atomic mass is 32.1. The largest absolute Gasteiger partial charge is 0.507 e. The molecule has 1 aromatic carbocycles. The summed E-state index contributed by atoms with van der Waals surface area (Å²) >= 11 is 1.23. The van der Waals surface area contributed by atoms with E-state index in [1.54, 1.807) is 5.38 Å². The number of aromatic nitrogens is 2. The van der Waals surface area contributed by atoms with E-state index in [0.29, 0.717) is 17.2 Å². The van der Waals surface area contributed by atoms with Gasteiger partial charge >= 0.3 is 0 Å². The third kappa shape index (κ3) is 3.69. The molecule has 0 aliphatic rings. The molecule has 3 N–H and O–H groups in total. The Morgan fingerprint density at radius 1 is 1.25 bits per heavy atom. The Balaban J connectivity index is 1.76. The number of amides is 1. The van der Waals surface area contributed by atoms with Crippen LogP contribution in [0.3, 0.4) is 0 Å². The predicted molar refractivity (Wildman–Crippen MR) is 92.6 cm³/mol. The lowest BCUT2D eigenvalue weighted by Gasteiger charge is -2.07. The smallest absolute Gasteiger partial charge is 0.266 e. The average molecular weight is 341 g/mol. The quantitative estimate of drug-likeness (QED) is 0.665. The van der Waals surface area contributed by atoms with Crippen LogP contribution in [0.5, 0.6) is 5.75 Å². The van der Waals surface area contributed by atoms with Gasteiger partial charge in [-0.3, -0.25) is 14.9 Å². The summed E-state index contributed by atoms with van der Waals surface area (Å²) in [5, 5.41) is 14.6. The highest BCUT2D eigenvalue weighted by Gasteiger charge is 2.18. The van der Waals surface area contributed by atoms with Crippen LogP contribution in [0.1, 0.15) is 21.6 Å². The first kappa shape index (κ1) is 15.9. The Morgan fingerprint density at radius 2 is 2.04 bits per heavy atom. The molecule has 7 heteroatoms. The molecular formula is C17H15N3O3S. The van der Waals surface area contributed by atoms with Crippen molar-refractivity contribution >= 4 is 22.4 Å². The summed E-state index contributed by atoms with van der Waals surface area (Å²) in [7, 11) is 0. The van der Waals surface area contributed by atoms with E-state index in [1.165, 1.54) is 23.6 Å². The molecule has 3 rings (SSSR count). The third-order valence-corrected chi connectivity index (χ3v) is 4.16. The zero-order chi connectivity index (χ0) is 16.9. The zero-order valence-corrected chi connectivity index (χ0v) is 13.5. The van der Waals surface area contributed by atoms with Gasteiger partial charge in [-0.1, -0.05) is 30.3 Å². The number of aryl methyl sites for hydroxylation is 2. The van der Waals surface area contributed by atoms with E-state index in [-0.39, 0.29) is 11.3 Å². The summed E-state index contributed by atoms with van der Waals surface area (Å²) in [5.41, 5.74) is 0.774. The van der Waals surface area contributed by atoms with Crippen LogP contribution in [0, 0.1) is 0 Å². The number of nitrogens with one attached hydrogen (secondary N) is 2. The fraction of sp³-hybridized carbons (Fsp3) is 0.118. The lowest BCUT2D eigenvalue weighted by Crippen LogP contribution is -2.24. The van der Waals surface area contributed by atoms with Crippen LogP contribution in [0.2, 0.25) is 0 Å². The summed E-state index contributed by atoms with van der Waals surface area (Å²) in [6, 6.07) is 11.2. The third-order valence-electron chi connectivity index (χ3n) is 3.47. The number of rotatable bonds is 5. The van der Waals surface area contributed by atoms with E-state index < -0.39 is 11.5 Å². The van der Waals surface area contributed by atoms with Gasteiger partial charge < -0.3 is 10.1 Å². The van der Waals surface area contributed by atoms with Crippen molar-refractivity contribution in [3.8, 4) is 5.75 Å². The van der Waals surface area contributed by atoms with Crippen molar-refractivity contribution in [2.45, 2.75) is 12.8 Å². The number of hydrogen-bond acceptors (Lipinski definition) is 5. The van der Waals surface area contributed by atoms with Crippen LogP contribution in [0.25, 0.3) is 0 Å². The number of thiazole rings is 1. The van der Waals surface area contributed by atoms with Crippen LogP contribution >= 0.6 is 11.3 Å². The van der Waals surface area contributed by atoms with E-state index in [1.807, 2.05) is 30.3 Å². The number of aromatic hydroxyl groups is 1. The van der Waals surface area contributed by atoms with Crippen LogP contribution in [0.4, 0.5) is 5.13 Å². The van der Waals surface area contributed by atoms with Crippen LogP contribution < -0.4 is 10.9 Å². The molecular weight excluding hydrogens is 326 g/mol. The second-order valence-electron chi connectivity index (χ2n) is 5.16. The Labute approximate surface area is 141 Å². The second kappa shape index (κ2) is 7.10. The number of pyridine rings is 1. The molecule has 0 saturated carbocycles. The van der Waals surface area contributed by atoms with Crippen molar-refractivity contribution in [1.29, 1.82) is 0 Å². The molecule has 2 heterocycles. The first-order valence-electron chi connectivity index (χ1n) is 7.33. The van der Waals surface area contributed by atoms with E-state index in [4.69, 9.17) is 0 Å². The highest BCUT2D eigenvalue weighted by Crippen LogP contribution is 2.18. The van der Waals surface area contributed by atoms with Gasteiger partial charge in [0.1, 0.15) is 11.3 Å². The fourth-order valence-electron chi connectivity index (χ4n) is 2.32. The van der Waals surface area contributed by atoms with Gasteiger partial charge in [0.05, 0.1) is 0 Å². The number of carbonyl (C=O) groups is 1. The van der Waals surface area contributed by atoms with Gasteiger partial charge in [-0.25, -0.2) is 4.98 Å². The molecule has 0 saturated heterocycles. The molecule has 0 fully saturated rings. The van der Waals surface area contributed by atoms with Gasteiger partial charge in [-0.05, 0) is 18.4 Å². The number of hydrogen-bond donors (Lipinski definition) is 3. The Morgan fingerprint density at radius 3 is 2.71 bits per heavy atom. The van der Waals surface area contributed by atoms with Crippen LogP contribution in [-0.4, -0.2) is 21.0 Å². The molecule has 6 nitrogen and oxygen atoms in total. The number of anilines is 1. The summed E-state index contributed by atoms with van der Waals surface area (Å²) in [6.45, 7) is 0. The van der Waals surface area contributed by atoms with E-state index in [9.17, 15) is 14.7 Å². The summed E-state index contributed by atoms with van der Waals surface area (Å²) in [6.07, 6.45) is 2.82. The van der Waals surface area contributed by atoms with E-state index in [2.05, 4.69) is 15.3 Å². The molecule has 3 aromatic rings. The molecule has 2 aromatic heterocycles. The van der Waals surface area contributed by atoms with Crippen molar-refractivity contribution in [3.05, 3.63) is 75.1 Å². The maximum absolute atomic E-state index is 12.1. The summed E-state index contributed by atoms with van der Waals surface area (Å²) in [5.74, 6) is -1.02. The monoisotopic (exact) mass is 341 g/mol. The minimum atomic E-state index is -0.682. The fourth-order valence-corrected chi connectivity index (χ4v) is 2.84. The molecule has 122 valence electrons. The Kier molecular flexibility index (Phi) is 4.72. The lowest BCUT2D eigenvalue weighted by molar-refractivity contribution is 0.102. The average Bonchev–Trinajstić information content (AvgIpc) is 3.06. The highest BCUT2D eigenvalue weighted by molar-refractivity contribution is 7.13. The van der Waals surface area contributed by atoms with Gasteiger partial charge in [-0.15, -0.1) is 11.3 Å². The minimum Gasteiger partial charge on any atom is -0.507 e. The molecule has 0 spiro atoms. The number of nitrogens with zero attached hydrogens (tertiary/aromatic N) is 1. The molecule has 0 aliphatic carbocycles. The predicted octanol–water partition coefficient (Wildman–Crippen LogP) is 2.57. The van der Waals surface area contributed by atoms with Crippen molar-refractivity contribution < 1.29 is 9.90 Å². The second-order valence-corrected chi connectivity index (χ2v) is 6.06. The number of benzene rings is 1. The molecule has 0 radical (unpaired) electrons. The van der Waals surface area contributed by atoms with Crippen LogP contribution in [0.15, 0.2) is 52.8 Å². The molecule has 0 bridgehead atoms. The standard InChI is InChI=1S/C17H15N3O3S/c21-13-10-12(7-6-11-4-2-1-3-5-11)19-15(22)14(13)16(23)20-17-18-8-9-24-17/h1-5,8-10H,6-7H2,(H,18,20,23)(H2,19,21,22). The topological polar surface area (TPSA) is 95.1 Å². The Bertz CT molecular complexity index is 889. The molecule has 24 heavy (non-hydrogen) atoms. The molecule has 0 atom stereocenters. The summed E-state index contributed by atoms with van der Waals surface area (Å²) in [4.78, 5) is 30.8. The summed E-state index contributed by atoms with van der Waals surface area (Å²) < 4.78 is 0. The van der Waals surface area contributed by atoms with Crippen molar-refractivity contribution in [2.24, 2.45) is 0 Å². The first-order valence-corrected chi connectivity index (χ1v) is 8.21. The van der Waals surface area contributed by atoms with Gasteiger partial charge in [0.25, 0.3) is 11.5 Å². The molecule has 1 amide bonds. The van der Waals surface area contributed by atoms with Crippen LogP contribution in [-0.2, 0) is 12.8 Å². The van der Waals surface area contributed by atoms with E-state index >= 15 is 0 Å². The van der Waals surface area contributed by atoms with Gasteiger partial charge in [0, 0.05) is 23.3 Å². The zero-order valence-electron chi connectivity index (χ0n) is 12.7. The Hall–Kier alpha value is -2.93. The SMILES string of the molecule is O=C(Nc1nccs1)c1c(O)cc(CCc2ccccc2)[nH]c1=O. The van der Waals surface area contributed by atoms with Gasteiger partial charge in [0.15, 0.2) is 5.13 Å². The normalized spacial score (nSPS) is 10.5. The molecule has 0 aliphatic heterocycles. The number of aromatic amines is 1.